The Balaban J connectivity index is 1.74. The molecule has 0 aliphatic rings. The van der Waals surface area contributed by atoms with Crippen LogP contribution in [-0.2, 0) is 12.7 Å². The third kappa shape index (κ3) is 3.77. The average molecular weight is 360 g/mol. The van der Waals surface area contributed by atoms with Gasteiger partial charge in [0.05, 0.1) is 5.56 Å². The van der Waals surface area contributed by atoms with Crippen molar-refractivity contribution in [1.82, 2.24) is 10.5 Å². The zero-order valence-electron chi connectivity index (χ0n) is 13.8. The fourth-order valence-electron chi connectivity index (χ4n) is 2.51. The highest BCUT2D eigenvalue weighted by atomic mass is 19.4. The van der Waals surface area contributed by atoms with Crippen molar-refractivity contribution in [1.29, 1.82) is 0 Å². The SMILES string of the molecule is Cc1onc(-c2ccccc2)c1C(=O)NCc1ccc(C(F)(F)F)cc1. The number of alkyl halides is 3. The topological polar surface area (TPSA) is 55.1 Å². The Kier molecular flexibility index (Phi) is 4.79. The summed E-state index contributed by atoms with van der Waals surface area (Å²) in [7, 11) is 0. The summed E-state index contributed by atoms with van der Waals surface area (Å²) in [6.07, 6.45) is -4.38. The largest absolute Gasteiger partial charge is 0.416 e. The number of halogens is 3. The molecule has 0 aliphatic heterocycles. The van der Waals surface area contributed by atoms with Crippen LogP contribution in [0.5, 0.6) is 0 Å². The molecule has 4 nitrogen and oxygen atoms in total. The van der Waals surface area contributed by atoms with Crippen LogP contribution in [-0.4, -0.2) is 11.1 Å². The minimum atomic E-state index is -4.38. The molecule has 0 saturated heterocycles. The number of hydrogen-bond acceptors (Lipinski definition) is 3. The predicted octanol–water partition coefficient (Wildman–Crippen LogP) is 4.60. The van der Waals surface area contributed by atoms with Crippen LogP contribution >= 0.6 is 0 Å². The standard InChI is InChI=1S/C19H15F3N2O2/c1-12-16(17(24-26-12)14-5-3-2-4-6-14)18(25)23-11-13-7-9-15(10-8-13)19(20,21)22/h2-10H,11H2,1H3,(H,23,25). The van der Waals surface area contributed by atoms with Gasteiger partial charge in [0.15, 0.2) is 0 Å². The summed E-state index contributed by atoms with van der Waals surface area (Å²) >= 11 is 0. The Morgan fingerprint density at radius 3 is 2.35 bits per heavy atom. The Bertz CT molecular complexity index is 901. The molecule has 0 bridgehead atoms. The highest BCUT2D eigenvalue weighted by Crippen LogP contribution is 2.29. The molecule has 1 N–H and O–H groups in total. The van der Waals surface area contributed by atoms with Crippen molar-refractivity contribution in [3.8, 4) is 11.3 Å². The van der Waals surface area contributed by atoms with Crippen molar-refractivity contribution in [3.63, 3.8) is 0 Å². The first-order valence-electron chi connectivity index (χ1n) is 7.82. The number of rotatable bonds is 4. The van der Waals surface area contributed by atoms with E-state index < -0.39 is 17.6 Å². The van der Waals surface area contributed by atoms with E-state index in [0.29, 0.717) is 22.6 Å². The number of nitrogens with zero attached hydrogens (tertiary/aromatic N) is 1. The molecule has 0 radical (unpaired) electrons. The fourth-order valence-corrected chi connectivity index (χ4v) is 2.51. The summed E-state index contributed by atoms with van der Waals surface area (Å²) in [4.78, 5) is 12.5. The van der Waals surface area contributed by atoms with Gasteiger partial charge in [-0.3, -0.25) is 4.79 Å². The average Bonchev–Trinajstić information content (AvgIpc) is 3.02. The molecule has 0 unspecified atom stereocenters. The Morgan fingerprint density at radius 2 is 1.73 bits per heavy atom. The van der Waals surface area contributed by atoms with E-state index in [-0.39, 0.29) is 6.54 Å². The first kappa shape index (κ1) is 17.7. The molecule has 134 valence electrons. The number of benzene rings is 2. The van der Waals surface area contributed by atoms with Crippen LogP contribution in [0.3, 0.4) is 0 Å². The number of amides is 1. The van der Waals surface area contributed by atoms with Crippen LogP contribution in [0.25, 0.3) is 11.3 Å². The van der Waals surface area contributed by atoms with Crippen LogP contribution < -0.4 is 5.32 Å². The van der Waals surface area contributed by atoms with Crippen LogP contribution in [0.4, 0.5) is 13.2 Å². The molecule has 3 aromatic rings. The summed E-state index contributed by atoms with van der Waals surface area (Å²) in [5.41, 5.74) is 1.30. The highest BCUT2D eigenvalue weighted by Gasteiger charge is 2.30. The van der Waals surface area contributed by atoms with Gasteiger partial charge in [-0.1, -0.05) is 47.6 Å². The van der Waals surface area contributed by atoms with E-state index in [1.165, 1.54) is 12.1 Å². The minimum Gasteiger partial charge on any atom is -0.360 e. The molecule has 0 aliphatic carbocycles. The number of carbonyl (C=O) groups is 1. The van der Waals surface area contributed by atoms with E-state index in [1.807, 2.05) is 30.3 Å². The van der Waals surface area contributed by atoms with E-state index in [1.54, 1.807) is 6.92 Å². The molecule has 3 rings (SSSR count). The Labute approximate surface area is 147 Å². The zero-order chi connectivity index (χ0) is 18.7. The molecular formula is C19H15F3N2O2. The smallest absolute Gasteiger partial charge is 0.360 e. The van der Waals surface area contributed by atoms with Gasteiger partial charge in [-0.05, 0) is 24.6 Å². The van der Waals surface area contributed by atoms with Gasteiger partial charge < -0.3 is 9.84 Å². The van der Waals surface area contributed by atoms with Gasteiger partial charge in [-0.25, -0.2) is 0 Å². The molecule has 0 spiro atoms. The monoisotopic (exact) mass is 360 g/mol. The summed E-state index contributed by atoms with van der Waals surface area (Å²) in [6, 6.07) is 13.8. The van der Waals surface area contributed by atoms with E-state index in [2.05, 4.69) is 10.5 Å². The van der Waals surface area contributed by atoms with Crippen molar-refractivity contribution in [2.75, 3.05) is 0 Å². The molecule has 0 saturated carbocycles. The van der Waals surface area contributed by atoms with Gasteiger partial charge in [-0.2, -0.15) is 13.2 Å². The van der Waals surface area contributed by atoms with Gasteiger partial charge >= 0.3 is 6.18 Å². The molecule has 0 fully saturated rings. The van der Waals surface area contributed by atoms with Crippen LogP contribution in [0.15, 0.2) is 59.1 Å². The first-order chi connectivity index (χ1) is 12.4. The number of carbonyl (C=O) groups excluding carboxylic acids is 1. The lowest BCUT2D eigenvalue weighted by atomic mass is 10.1. The van der Waals surface area contributed by atoms with E-state index in [0.717, 1.165) is 17.7 Å². The summed E-state index contributed by atoms with van der Waals surface area (Å²) in [6.45, 7) is 1.72. The van der Waals surface area contributed by atoms with Crippen molar-refractivity contribution in [3.05, 3.63) is 77.0 Å². The molecule has 1 amide bonds. The quantitative estimate of drug-likeness (QED) is 0.740. The van der Waals surface area contributed by atoms with Crippen molar-refractivity contribution < 1.29 is 22.5 Å². The van der Waals surface area contributed by atoms with E-state index in [4.69, 9.17) is 4.52 Å². The van der Waals surface area contributed by atoms with Crippen LogP contribution in [0, 0.1) is 6.92 Å². The highest BCUT2D eigenvalue weighted by molar-refractivity contribution is 6.00. The normalized spacial score (nSPS) is 11.4. The maximum atomic E-state index is 12.6. The lowest BCUT2D eigenvalue weighted by Gasteiger charge is -2.09. The van der Waals surface area contributed by atoms with Crippen molar-refractivity contribution in [2.24, 2.45) is 0 Å². The third-order valence-corrected chi connectivity index (χ3v) is 3.87. The minimum absolute atomic E-state index is 0.0931. The van der Waals surface area contributed by atoms with Gasteiger partial charge in [0.2, 0.25) is 0 Å². The third-order valence-electron chi connectivity index (χ3n) is 3.87. The van der Waals surface area contributed by atoms with E-state index in [9.17, 15) is 18.0 Å². The van der Waals surface area contributed by atoms with Gasteiger partial charge in [0.25, 0.3) is 5.91 Å². The number of aryl methyl sites for hydroxylation is 1. The summed E-state index contributed by atoms with van der Waals surface area (Å²) in [5, 5.41) is 6.63. The molecule has 26 heavy (non-hydrogen) atoms. The van der Waals surface area contributed by atoms with E-state index >= 15 is 0 Å². The number of nitrogens with one attached hydrogen (secondary N) is 1. The van der Waals surface area contributed by atoms with Gasteiger partial charge in [0.1, 0.15) is 17.0 Å². The molecule has 2 aromatic carbocycles. The second-order valence-corrected chi connectivity index (χ2v) is 5.71. The molecule has 0 atom stereocenters. The van der Waals surface area contributed by atoms with Crippen molar-refractivity contribution in [2.45, 2.75) is 19.6 Å². The van der Waals surface area contributed by atoms with Gasteiger partial charge in [0, 0.05) is 12.1 Å². The van der Waals surface area contributed by atoms with Crippen molar-refractivity contribution >= 4 is 5.91 Å². The molecule has 1 heterocycles. The molecular weight excluding hydrogens is 345 g/mol. The summed E-state index contributed by atoms with van der Waals surface area (Å²) < 4.78 is 42.9. The number of aromatic nitrogens is 1. The first-order valence-corrected chi connectivity index (χ1v) is 7.82. The van der Waals surface area contributed by atoms with Gasteiger partial charge in [-0.15, -0.1) is 0 Å². The van der Waals surface area contributed by atoms with Crippen LogP contribution in [0.2, 0.25) is 0 Å². The second-order valence-electron chi connectivity index (χ2n) is 5.71. The molecule has 1 aromatic heterocycles. The lowest BCUT2D eigenvalue weighted by Crippen LogP contribution is -2.23. The predicted molar refractivity (Wildman–Crippen MR) is 89.3 cm³/mol. The maximum absolute atomic E-state index is 12.6. The summed E-state index contributed by atoms with van der Waals surface area (Å²) in [5.74, 6) is -0.0312. The Hall–Kier alpha value is -3.09. The Morgan fingerprint density at radius 1 is 1.08 bits per heavy atom. The second kappa shape index (κ2) is 7.03. The fraction of sp³-hybridized carbons (Fsp3) is 0.158. The lowest BCUT2D eigenvalue weighted by molar-refractivity contribution is -0.137. The maximum Gasteiger partial charge on any atom is 0.416 e. The number of hydrogen-bond donors (Lipinski definition) is 1. The molecule has 7 heteroatoms. The zero-order valence-corrected chi connectivity index (χ0v) is 13.8. The van der Waals surface area contributed by atoms with Crippen LogP contribution in [0.1, 0.15) is 27.2 Å².